The van der Waals surface area contributed by atoms with Crippen LogP contribution in [0.5, 0.6) is 0 Å². The summed E-state index contributed by atoms with van der Waals surface area (Å²) in [6.45, 7) is 0. The second kappa shape index (κ2) is 5.64. The van der Waals surface area contributed by atoms with Gasteiger partial charge in [-0.3, -0.25) is 0 Å². The number of hydrogen-bond acceptors (Lipinski definition) is 2. The van der Waals surface area contributed by atoms with Crippen molar-refractivity contribution in [2.75, 3.05) is 10.6 Å². The second-order valence-electron chi connectivity index (χ2n) is 4.79. The number of carbonyl (C=O) groups excluding carboxylic acids is 1. The highest BCUT2D eigenvalue weighted by Gasteiger charge is 2.30. The number of benzene rings is 2. The maximum absolute atomic E-state index is 12.6. The van der Waals surface area contributed by atoms with Crippen LogP contribution in [-0.4, -0.2) is 16.0 Å². The summed E-state index contributed by atoms with van der Waals surface area (Å²) in [6, 6.07) is 8.83. The fourth-order valence-electron chi connectivity index (χ4n) is 2.08. The molecule has 3 rings (SSSR count). The summed E-state index contributed by atoms with van der Waals surface area (Å²) in [5, 5.41) is 4.92. The van der Waals surface area contributed by atoms with Gasteiger partial charge in [0.15, 0.2) is 0 Å². The average molecular weight is 320 g/mol. The summed E-state index contributed by atoms with van der Waals surface area (Å²) in [7, 11) is 0. The summed E-state index contributed by atoms with van der Waals surface area (Å²) in [5.41, 5.74) is 1.20. The van der Waals surface area contributed by atoms with E-state index in [2.05, 4.69) is 20.6 Å². The Bertz CT molecular complexity index is 857. The number of H-pyrrole nitrogens is 1. The van der Waals surface area contributed by atoms with E-state index in [0.29, 0.717) is 5.69 Å². The number of rotatable bonds is 2. The lowest BCUT2D eigenvalue weighted by Gasteiger charge is -2.10. The minimum Gasteiger partial charge on any atom is -0.345 e. The minimum atomic E-state index is -4.46. The Kier molecular flexibility index (Phi) is 3.65. The zero-order chi connectivity index (χ0) is 16.4. The molecule has 0 spiro atoms. The van der Waals surface area contributed by atoms with Gasteiger partial charge in [-0.2, -0.15) is 13.2 Å². The van der Waals surface area contributed by atoms with E-state index in [4.69, 9.17) is 0 Å². The number of nitrogens with one attached hydrogen (secondary N) is 3. The number of urea groups is 1. The summed E-state index contributed by atoms with van der Waals surface area (Å²) in [4.78, 5) is 18.8. The predicted molar refractivity (Wildman–Crippen MR) is 80.2 cm³/mol. The third kappa shape index (κ3) is 3.42. The fraction of sp³-hybridized carbons (Fsp3) is 0.0667. The molecular formula is C15H11F3N4O. The highest BCUT2D eigenvalue weighted by molar-refractivity contribution is 6.00. The molecule has 0 aliphatic heterocycles. The molecule has 0 saturated carbocycles. The Morgan fingerprint density at radius 2 is 1.78 bits per heavy atom. The van der Waals surface area contributed by atoms with Crippen LogP contribution in [0, 0.1) is 0 Å². The van der Waals surface area contributed by atoms with Crippen LogP contribution in [0.4, 0.5) is 29.3 Å². The van der Waals surface area contributed by atoms with Crippen molar-refractivity contribution in [2.45, 2.75) is 6.18 Å². The lowest BCUT2D eigenvalue weighted by molar-refractivity contribution is -0.137. The number of imidazole rings is 1. The van der Waals surface area contributed by atoms with E-state index in [1.807, 2.05) is 0 Å². The van der Waals surface area contributed by atoms with Gasteiger partial charge in [0.1, 0.15) is 0 Å². The number of hydrogen-bond donors (Lipinski definition) is 3. The van der Waals surface area contributed by atoms with Crippen molar-refractivity contribution < 1.29 is 18.0 Å². The molecule has 2 amide bonds. The van der Waals surface area contributed by atoms with Gasteiger partial charge < -0.3 is 15.6 Å². The molecule has 2 aromatic carbocycles. The van der Waals surface area contributed by atoms with Crippen LogP contribution in [0.3, 0.4) is 0 Å². The molecule has 0 aliphatic carbocycles. The van der Waals surface area contributed by atoms with Gasteiger partial charge in [-0.05, 0) is 36.4 Å². The van der Waals surface area contributed by atoms with Crippen molar-refractivity contribution >= 4 is 28.4 Å². The van der Waals surface area contributed by atoms with Crippen LogP contribution in [0.1, 0.15) is 5.56 Å². The third-order valence-electron chi connectivity index (χ3n) is 3.13. The Morgan fingerprint density at radius 3 is 2.52 bits per heavy atom. The summed E-state index contributed by atoms with van der Waals surface area (Å²) < 4.78 is 37.9. The first kappa shape index (κ1) is 14.9. The summed E-state index contributed by atoms with van der Waals surface area (Å²) >= 11 is 0. The van der Waals surface area contributed by atoms with Crippen LogP contribution < -0.4 is 10.6 Å². The first-order valence-corrected chi connectivity index (χ1v) is 6.60. The molecule has 5 nitrogen and oxygen atoms in total. The van der Waals surface area contributed by atoms with Gasteiger partial charge in [0.25, 0.3) is 0 Å². The lowest BCUT2D eigenvalue weighted by atomic mass is 10.2. The molecule has 0 bridgehead atoms. The average Bonchev–Trinajstić information content (AvgIpc) is 2.94. The van der Waals surface area contributed by atoms with Crippen LogP contribution >= 0.6 is 0 Å². The van der Waals surface area contributed by atoms with Crippen molar-refractivity contribution in [3.8, 4) is 0 Å². The molecule has 118 valence electrons. The molecule has 1 heterocycles. The van der Waals surface area contributed by atoms with Crippen LogP contribution in [0.15, 0.2) is 48.8 Å². The summed E-state index contributed by atoms with van der Waals surface area (Å²) in [5.74, 6) is 0. The van der Waals surface area contributed by atoms with Crippen molar-refractivity contribution in [2.24, 2.45) is 0 Å². The quantitative estimate of drug-likeness (QED) is 0.661. The monoisotopic (exact) mass is 320 g/mol. The number of anilines is 2. The molecule has 3 N–H and O–H groups in total. The van der Waals surface area contributed by atoms with Crippen molar-refractivity contribution in [3.05, 3.63) is 54.4 Å². The van der Waals surface area contributed by atoms with E-state index in [0.717, 1.165) is 23.2 Å². The van der Waals surface area contributed by atoms with Crippen LogP contribution in [-0.2, 0) is 6.18 Å². The molecule has 23 heavy (non-hydrogen) atoms. The van der Waals surface area contributed by atoms with E-state index in [9.17, 15) is 18.0 Å². The number of fused-ring (bicyclic) bond motifs is 1. The number of carbonyl (C=O) groups is 1. The van der Waals surface area contributed by atoms with Crippen molar-refractivity contribution in [1.82, 2.24) is 9.97 Å². The van der Waals surface area contributed by atoms with Gasteiger partial charge in [-0.15, -0.1) is 0 Å². The molecule has 3 aromatic rings. The van der Waals surface area contributed by atoms with Gasteiger partial charge in [0.05, 0.1) is 22.9 Å². The topological polar surface area (TPSA) is 69.8 Å². The normalized spacial score (nSPS) is 11.4. The van der Waals surface area contributed by atoms with E-state index < -0.39 is 17.8 Å². The SMILES string of the molecule is O=C(Nc1cccc(C(F)(F)F)c1)Nc1ccc2nc[nH]c2c1. The van der Waals surface area contributed by atoms with Gasteiger partial charge in [-0.25, -0.2) is 9.78 Å². The standard InChI is InChI=1S/C15H11F3N4O/c16-15(17,18)9-2-1-3-10(6-9)21-14(23)22-11-4-5-12-13(7-11)20-8-19-12/h1-8H,(H,19,20)(H2,21,22,23). The minimum absolute atomic E-state index is 0.0555. The molecule has 1 aromatic heterocycles. The van der Waals surface area contributed by atoms with E-state index in [-0.39, 0.29) is 5.69 Å². The van der Waals surface area contributed by atoms with Gasteiger partial charge in [0.2, 0.25) is 0 Å². The molecule has 0 fully saturated rings. The largest absolute Gasteiger partial charge is 0.416 e. The Balaban J connectivity index is 1.71. The predicted octanol–water partition coefficient (Wildman–Crippen LogP) is 4.23. The van der Waals surface area contributed by atoms with Crippen molar-refractivity contribution in [1.29, 1.82) is 0 Å². The van der Waals surface area contributed by atoms with Gasteiger partial charge in [-0.1, -0.05) is 6.07 Å². The third-order valence-corrected chi connectivity index (χ3v) is 3.13. The molecular weight excluding hydrogens is 309 g/mol. The van der Waals surface area contributed by atoms with Gasteiger partial charge in [0, 0.05) is 11.4 Å². The van der Waals surface area contributed by atoms with E-state index in [1.54, 1.807) is 18.2 Å². The number of alkyl halides is 3. The molecule has 0 atom stereocenters. The molecule has 0 unspecified atom stereocenters. The molecule has 0 aliphatic rings. The maximum atomic E-state index is 12.6. The Hall–Kier alpha value is -3.03. The number of amides is 2. The van der Waals surface area contributed by atoms with E-state index >= 15 is 0 Å². The highest BCUT2D eigenvalue weighted by atomic mass is 19.4. The molecule has 0 saturated heterocycles. The fourth-order valence-corrected chi connectivity index (χ4v) is 2.08. The zero-order valence-electron chi connectivity index (χ0n) is 11.6. The highest BCUT2D eigenvalue weighted by Crippen LogP contribution is 2.30. The first-order valence-electron chi connectivity index (χ1n) is 6.60. The van der Waals surface area contributed by atoms with Crippen LogP contribution in [0.2, 0.25) is 0 Å². The molecule has 0 radical (unpaired) electrons. The smallest absolute Gasteiger partial charge is 0.345 e. The van der Waals surface area contributed by atoms with Crippen LogP contribution in [0.25, 0.3) is 11.0 Å². The van der Waals surface area contributed by atoms with Gasteiger partial charge >= 0.3 is 12.2 Å². The number of nitrogens with zero attached hydrogens (tertiary/aromatic N) is 1. The first-order chi connectivity index (χ1) is 10.9. The number of aromatic amines is 1. The maximum Gasteiger partial charge on any atom is 0.416 e. The Morgan fingerprint density at radius 1 is 1.04 bits per heavy atom. The lowest BCUT2D eigenvalue weighted by Crippen LogP contribution is -2.19. The Labute approximate surface area is 128 Å². The zero-order valence-corrected chi connectivity index (χ0v) is 11.6. The number of aromatic nitrogens is 2. The van der Waals surface area contributed by atoms with Crippen molar-refractivity contribution in [3.63, 3.8) is 0 Å². The second-order valence-corrected chi connectivity index (χ2v) is 4.79. The number of halogens is 3. The summed E-state index contributed by atoms with van der Waals surface area (Å²) in [6.07, 6.45) is -2.93. The van der Waals surface area contributed by atoms with E-state index in [1.165, 1.54) is 18.5 Å². The molecule has 8 heteroatoms.